The van der Waals surface area contributed by atoms with E-state index in [1.54, 1.807) is 31.4 Å². The Hall–Kier alpha value is -2.45. The van der Waals surface area contributed by atoms with Crippen molar-refractivity contribution in [2.45, 2.75) is 4.90 Å². The Morgan fingerprint density at radius 2 is 2.05 bits per heavy atom. The molecule has 0 saturated heterocycles. The lowest BCUT2D eigenvalue weighted by atomic mass is 10.2. The number of thioether (sulfide) groups is 1. The average Bonchev–Trinajstić information content (AvgIpc) is 2.53. The van der Waals surface area contributed by atoms with Gasteiger partial charge >= 0.3 is 0 Å². The van der Waals surface area contributed by atoms with Gasteiger partial charge in [-0.25, -0.2) is 0 Å². The van der Waals surface area contributed by atoms with Crippen molar-refractivity contribution in [3.63, 3.8) is 0 Å². The number of rotatable bonds is 5. The lowest BCUT2D eigenvalue weighted by Crippen LogP contribution is -2.11. The molecule has 0 spiro atoms. The Balaban J connectivity index is 2.06. The van der Waals surface area contributed by atoms with Crippen molar-refractivity contribution < 1.29 is 9.53 Å². The highest BCUT2D eigenvalue weighted by atomic mass is 32.2. The smallest absolute Gasteiger partial charge is 0.255 e. The van der Waals surface area contributed by atoms with Crippen molar-refractivity contribution in [2.24, 2.45) is 0 Å². The molecule has 0 saturated carbocycles. The monoisotopic (exact) mass is 298 g/mol. The van der Waals surface area contributed by atoms with Gasteiger partial charge < -0.3 is 10.1 Å². The number of amides is 1. The molecule has 21 heavy (non-hydrogen) atoms. The summed E-state index contributed by atoms with van der Waals surface area (Å²) in [5.41, 5.74) is 1.27. The first-order valence-corrected chi connectivity index (χ1v) is 7.26. The molecule has 0 bridgehead atoms. The molecule has 0 aliphatic rings. The van der Waals surface area contributed by atoms with E-state index >= 15 is 0 Å². The fourth-order valence-electron chi connectivity index (χ4n) is 1.72. The van der Waals surface area contributed by atoms with Gasteiger partial charge in [-0.3, -0.25) is 4.79 Å². The molecule has 0 atom stereocenters. The van der Waals surface area contributed by atoms with E-state index in [0.29, 0.717) is 22.8 Å². The van der Waals surface area contributed by atoms with E-state index in [4.69, 9.17) is 10.00 Å². The SMILES string of the molecule is COc1ccc(C(=O)Nc2cccc(SCC#N)c2)cc1. The maximum Gasteiger partial charge on any atom is 0.255 e. The molecule has 4 nitrogen and oxygen atoms in total. The quantitative estimate of drug-likeness (QED) is 0.857. The molecule has 0 aliphatic heterocycles. The van der Waals surface area contributed by atoms with Crippen molar-refractivity contribution in [1.29, 1.82) is 5.26 Å². The van der Waals surface area contributed by atoms with Crippen LogP contribution in [0.2, 0.25) is 0 Å². The van der Waals surface area contributed by atoms with Crippen LogP contribution in [0.15, 0.2) is 53.4 Å². The number of anilines is 1. The van der Waals surface area contributed by atoms with Gasteiger partial charge in [0.15, 0.2) is 0 Å². The molecule has 106 valence electrons. The highest BCUT2D eigenvalue weighted by molar-refractivity contribution is 7.99. The van der Waals surface area contributed by atoms with E-state index in [1.807, 2.05) is 24.3 Å². The molecule has 0 fully saturated rings. The van der Waals surface area contributed by atoms with Crippen LogP contribution >= 0.6 is 11.8 Å². The molecule has 0 heterocycles. The van der Waals surface area contributed by atoms with Crippen LogP contribution in [-0.2, 0) is 0 Å². The number of hydrogen-bond acceptors (Lipinski definition) is 4. The van der Waals surface area contributed by atoms with Crippen LogP contribution in [0.25, 0.3) is 0 Å². The van der Waals surface area contributed by atoms with Gasteiger partial charge in [0.1, 0.15) is 5.75 Å². The molecule has 0 unspecified atom stereocenters. The zero-order valence-electron chi connectivity index (χ0n) is 11.5. The molecule has 1 amide bonds. The third-order valence-electron chi connectivity index (χ3n) is 2.75. The largest absolute Gasteiger partial charge is 0.497 e. The third-order valence-corrected chi connectivity index (χ3v) is 3.61. The number of benzene rings is 2. The fourth-order valence-corrected chi connectivity index (χ4v) is 2.34. The van der Waals surface area contributed by atoms with Crippen LogP contribution in [0.4, 0.5) is 5.69 Å². The standard InChI is InChI=1S/C16H14N2O2S/c1-20-14-7-5-12(6-8-14)16(19)18-13-3-2-4-15(11-13)21-10-9-17/h2-8,11H,10H2,1H3,(H,18,19). The van der Waals surface area contributed by atoms with Crippen LogP contribution < -0.4 is 10.1 Å². The highest BCUT2D eigenvalue weighted by Gasteiger charge is 2.06. The first kappa shape index (κ1) is 14.9. The minimum Gasteiger partial charge on any atom is -0.497 e. The summed E-state index contributed by atoms with van der Waals surface area (Å²) < 4.78 is 5.06. The zero-order chi connectivity index (χ0) is 15.1. The van der Waals surface area contributed by atoms with Gasteiger partial charge in [0.2, 0.25) is 0 Å². The van der Waals surface area contributed by atoms with Gasteiger partial charge in [0.05, 0.1) is 18.9 Å². The van der Waals surface area contributed by atoms with E-state index in [0.717, 1.165) is 4.90 Å². The molecular formula is C16H14N2O2S. The van der Waals surface area contributed by atoms with E-state index in [-0.39, 0.29) is 5.91 Å². The summed E-state index contributed by atoms with van der Waals surface area (Å²) in [6.45, 7) is 0. The van der Waals surface area contributed by atoms with Crippen molar-refractivity contribution >= 4 is 23.4 Å². The molecule has 2 aromatic rings. The molecule has 0 aliphatic carbocycles. The number of methoxy groups -OCH3 is 1. The Bertz CT molecular complexity index is 663. The van der Waals surface area contributed by atoms with Crippen molar-refractivity contribution in [1.82, 2.24) is 0 Å². The fraction of sp³-hybridized carbons (Fsp3) is 0.125. The summed E-state index contributed by atoms with van der Waals surface area (Å²) in [6.07, 6.45) is 0. The lowest BCUT2D eigenvalue weighted by molar-refractivity contribution is 0.102. The van der Waals surface area contributed by atoms with Crippen molar-refractivity contribution in [2.75, 3.05) is 18.2 Å². The summed E-state index contributed by atoms with van der Waals surface area (Å²) in [6, 6.07) is 16.4. The summed E-state index contributed by atoms with van der Waals surface area (Å²) >= 11 is 1.43. The van der Waals surface area contributed by atoms with Crippen LogP contribution in [0.1, 0.15) is 10.4 Å². The Labute approximate surface area is 127 Å². The van der Waals surface area contributed by atoms with E-state index < -0.39 is 0 Å². The van der Waals surface area contributed by atoms with Crippen molar-refractivity contribution in [3.8, 4) is 11.8 Å². The number of nitriles is 1. The van der Waals surface area contributed by atoms with E-state index in [1.165, 1.54) is 11.8 Å². The molecule has 2 aromatic carbocycles. The predicted molar refractivity (Wildman–Crippen MR) is 83.7 cm³/mol. The van der Waals surface area contributed by atoms with E-state index in [2.05, 4.69) is 11.4 Å². The summed E-state index contributed by atoms with van der Waals surface area (Å²) in [5, 5.41) is 11.4. The number of ether oxygens (including phenoxy) is 1. The molecule has 5 heteroatoms. The van der Waals surface area contributed by atoms with Gasteiger partial charge in [-0.1, -0.05) is 6.07 Å². The molecule has 1 N–H and O–H groups in total. The second kappa shape index (κ2) is 7.36. The zero-order valence-corrected chi connectivity index (χ0v) is 12.3. The summed E-state index contributed by atoms with van der Waals surface area (Å²) in [5.74, 6) is 0.914. The summed E-state index contributed by atoms with van der Waals surface area (Å²) in [4.78, 5) is 13.1. The number of nitrogens with one attached hydrogen (secondary N) is 1. The Kier molecular flexibility index (Phi) is 5.24. The van der Waals surface area contributed by atoms with Crippen molar-refractivity contribution in [3.05, 3.63) is 54.1 Å². The minimum absolute atomic E-state index is 0.180. The molecular weight excluding hydrogens is 284 g/mol. The maximum absolute atomic E-state index is 12.1. The van der Waals surface area contributed by atoms with Crippen LogP contribution in [0, 0.1) is 11.3 Å². The summed E-state index contributed by atoms with van der Waals surface area (Å²) in [7, 11) is 1.58. The van der Waals surface area contributed by atoms with Gasteiger partial charge in [-0.15, -0.1) is 11.8 Å². The lowest BCUT2D eigenvalue weighted by Gasteiger charge is -2.07. The molecule has 0 aromatic heterocycles. The van der Waals surface area contributed by atoms with Crippen LogP contribution in [0.5, 0.6) is 5.75 Å². The van der Waals surface area contributed by atoms with Crippen LogP contribution in [-0.4, -0.2) is 18.8 Å². The van der Waals surface area contributed by atoms with Gasteiger partial charge in [-0.05, 0) is 42.5 Å². The second-order valence-corrected chi connectivity index (χ2v) is 5.21. The third kappa shape index (κ3) is 4.26. The number of nitrogens with zero attached hydrogens (tertiary/aromatic N) is 1. The Morgan fingerprint density at radius 1 is 1.29 bits per heavy atom. The van der Waals surface area contributed by atoms with E-state index in [9.17, 15) is 4.79 Å². The maximum atomic E-state index is 12.1. The number of hydrogen-bond donors (Lipinski definition) is 1. The van der Waals surface area contributed by atoms with Gasteiger partial charge in [0, 0.05) is 16.1 Å². The van der Waals surface area contributed by atoms with Gasteiger partial charge in [0.25, 0.3) is 5.91 Å². The second-order valence-electron chi connectivity index (χ2n) is 4.16. The average molecular weight is 298 g/mol. The topological polar surface area (TPSA) is 62.1 Å². The molecule has 0 radical (unpaired) electrons. The number of carbonyl (C=O) groups excluding carboxylic acids is 1. The first-order chi connectivity index (χ1) is 10.2. The van der Waals surface area contributed by atoms with Gasteiger partial charge in [-0.2, -0.15) is 5.26 Å². The number of carbonyl (C=O) groups is 1. The predicted octanol–water partition coefficient (Wildman–Crippen LogP) is 3.56. The van der Waals surface area contributed by atoms with Crippen LogP contribution in [0.3, 0.4) is 0 Å². The molecule has 2 rings (SSSR count). The first-order valence-electron chi connectivity index (χ1n) is 6.28. The Morgan fingerprint density at radius 3 is 2.71 bits per heavy atom. The minimum atomic E-state index is -0.180. The normalized spacial score (nSPS) is 9.71. The highest BCUT2D eigenvalue weighted by Crippen LogP contribution is 2.21.